The van der Waals surface area contributed by atoms with Crippen LogP contribution in [0.4, 0.5) is 17.1 Å². The first-order chi connectivity index (χ1) is 32.3. The van der Waals surface area contributed by atoms with Crippen LogP contribution in [0.3, 0.4) is 0 Å². The molecule has 3 heteroatoms. The topological polar surface area (TPSA) is 21.3 Å². The Morgan fingerprint density at radius 3 is 1.65 bits per heavy atom. The van der Waals surface area contributed by atoms with Gasteiger partial charge in [-0.1, -0.05) is 188 Å². The molecule has 3 nitrogen and oxygen atoms in total. The third-order valence-corrected chi connectivity index (χ3v) is 13.2. The molecule has 0 unspecified atom stereocenters. The van der Waals surface area contributed by atoms with Crippen LogP contribution in [0.2, 0.25) is 0 Å². The van der Waals surface area contributed by atoms with E-state index in [1.165, 1.54) is 43.4 Å². The van der Waals surface area contributed by atoms with E-state index in [0.717, 1.165) is 78.1 Å². The Kier molecular flexibility index (Phi) is 8.53. The summed E-state index contributed by atoms with van der Waals surface area (Å²) < 4.78 is 9.10. The highest BCUT2D eigenvalue weighted by molar-refractivity contribution is 6.12. The van der Waals surface area contributed by atoms with Crippen LogP contribution in [-0.4, -0.2) is 4.57 Å². The summed E-state index contributed by atoms with van der Waals surface area (Å²) in [7, 11) is 0. The van der Waals surface area contributed by atoms with E-state index in [2.05, 4.69) is 246 Å². The minimum absolute atomic E-state index is 0.883. The van der Waals surface area contributed by atoms with E-state index >= 15 is 0 Å². The van der Waals surface area contributed by atoms with Gasteiger partial charge in [-0.2, -0.15) is 0 Å². The van der Waals surface area contributed by atoms with Crippen LogP contribution in [0.1, 0.15) is 0 Å². The number of hydrogen-bond donors (Lipinski definition) is 0. The lowest BCUT2D eigenvalue weighted by molar-refractivity contribution is 0.670. The van der Waals surface area contributed by atoms with Crippen molar-refractivity contribution in [1.82, 2.24) is 4.57 Å². The number of hydrogen-bond acceptors (Lipinski definition) is 2. The second-order valence-corrected chi connectivity index (χ2v) is 16.8. The number of aromatic nitrogens is 1. The van der Waals surface area contributed by atoms with Gasteiger partial charge < -0.3 is 13.9 Å². The highest BCUT2D eigenvalue weighted by Crippen LogP contribution is 2.48. The van der Waals surface area contributed by atoms with Crippen molar-refractivity contribution in [2.24, 2.45) is 0 Å². The van der Waals surface area contributed by atoms with Gasteiger partial charge in [-0.15, -0.1) is 0 Å². The van der Waals surface area contributed by atoms with Crippen molar-refractivity contribution >= 4 is 82.4 Å². The molecule has 2 aromatic heterocycles. The molecule has 0 saturated carbocycles. The molecule has 0 bridgehead atoms. The largest absolute Gasteiger partial charge is 0.455 e. The van der Waals surface area contributed by atoms with Crippen molar-refractivity contribution in [3.63, 3.8) is 0 Å². The molecule has 0 aliphatic heterocycles. The van der Waals surface area contributed by atoms with Gasteiger partial charge in [0.1, 0.15) is 11.2 Å². The number of para-hydroxylation sites is 7. The molecule has 65 heavy (non-hydrogen) atoms. The molecule has 2 heterocycles. The lowest BCUT2D eigenvalue weighted by atomic mass is 9.95. The Labute approximate surface area is 376 Å². The fourth-order valence-electron chi connectivity index (χ4n) is 10.2. The lowest BCUT2D eigenvalue weighted by Gasteiger charge is -2.30. The first kappa shape index (κ1) is 36.9. The second-order valence-electron chi connectivity index (χ2n) is 16.8. The predicted octanol–water partition coefficient (Wildman–Crippen LogP) is 17.5. The standard InChI is InChI=1S/C62H40N2O/c1-2-17-46-41(16-1)32-33-43-40-44(36-39-47(43)46)49-19-4-9-26-56(49)63(58-28-11-7-22-52(58)54-24-15-25-55-53-23-8-14-31-61(53)65-62(54)55)45-37-34-42(35-38-45)48-18-3-10-27-57(48)64-59-29-12-5-20-50(59)51-21-6-13-30-60(51)64/h1-40H. The summed E-state index contributed by atoms with van der Waals surface area (Å²) in [6.07, 6.45) is 0. The Morgan fingerprint density at radius 2 is 0.862 bits per heavy atom. The van der Waals surface area contributed by atoms with Crippen LogP contribution in [-0.2, 0) is 0 Å². The lowest BCUT2D eigenvalue weighted by Crippen LogP contribution is -2.12. The van der Waals surface area contributed by atoms with E-state index in [0.29, 0.717) is 0 Å². The molecular formula is C62H40N2O. The molecule has 0 amide bonds. The zero-order chi connectivity index (χ0) is 42.8. The summed E-state index contributed by atoms with van der Waals surface area (Å²) in [6, 6.07) is 87.7. The number of fused-ring (bicyclic) bond motifs is 9. The second kappa shape index (κ2) is 15.0. The molecule has 0 radical (unpaired) electrons. The number of nitrogens with zero attached hydrogens (tertiary/aromatic N) is 2. The highest BCUT2D eigenvalue weighted by atomic mass is 16.3. The molecule has 0 atom stereocenters. The maximum atomic E-state index is 6.69. The summed E-state index contributed by atoms with van der Waals surface area (Å²) in [5.74, 6) is 0. The Hall–Kier alpha value is -8.66. The molecule has 0 aliphatic carbocycles. The maximum Gasteiger partial charge on any atom is 0.143 e. The molecule has 0 fully saturated rings. The zero-order valence-electron chi connectivity index (χ0n) is 35.4. The SMILES string of the molecule is c1ccc(N(c2ccc(-c3ccccc3-n3c4ccccc4c4ccccc43)cc2)c2ccccc2-c2cccc3c2oc2ccccc23)c(-c2ccc3c(ccc4ccccc43)c2)c1. The summed E-state index contributed by atoms with van der Waals surface area (Å²) >= 11 is 0. The van der Waals surface area contributed by atoms with Crippen molar-refractivity contribution in [2.45, 2.75) is 0 Å². The summed E-state index contributed by atoms with van der Waals surface area (Å²) in [5.41, 5.74) is 15.2. The Balaban J connectivity index is 1.01. The van der Waals surface area contributed by atoms with E-state index in [1.54, 1.807) is 0 Å². The van der Waals surface area contributed by atoms with Crippen LogP contribution in [0, 0.1) is 0 Å². The number of furan rings is 1. The Morgan fingerprint density at radius 1 is 0.323 bits per heavy atom. The average Bonchev–Trinajstić information content (AvgIpc) is 3.93. The Bertz CT molecular complexity index is 3910. The van der Waals surface area contributed by atoms with Gasteiger partial charge >= 0.3 is 0 Å². The van der Waals surface area contributed by atoms with Crippen molar-refractivity contribution < 1.29 is 4.42 Å². The monoisotopic (exact) mass is 828 g/mol. The molecule has 0 spiro atoms. The molecule has 0 aliphatic rings. The number of rotatable bonds is 7. The number of benzene rings is 11. The normalized spacial score (nSPS) is 11.7. The number of anilines is 3. The van der Waals surface area contributed by atoms with E-state index in [1.807, 2.05) is 6.07 Å². The minimum Gasteiger partial charge on any atom is -0.455 e. The van der Waals surface area contributed by atoms with Gasteiger partial charge in [0.05, 0.1) is 28.1 Å². The molecular weight excluding hydrogens is 789 g/mol. The molecule has 11 aromatic carbocycles. The molecule has 13 aromatic rings. The van der Waals surface area contributed by atoms with Crippen LogP contribution >= 0.6 is 0 Å². The van der Waals surface area contributed by atoms with E-state index in [-0.39, 0.29) is 0 Å². The van der Waals surface area contributed by atoms with Crippen molar-refractivity contribution in [3.8, 4) is 39.1 Å². The molecule has 0 N–H and O–H groups in total. The predicted molar refractivity (Wildman–Crippen MR) is 274 cm³/mol. The first-order valence-corrected chi connectivity index (χ1v) is 22.3. The van der Waals surface area contributed by atoms with Crippen molar-refractivity contribution in [3.05, 3.63) is 243 Å². The summed E-state index contributed by atoms with van der Waals surface area (Å²) in [4.78, 5) is 2.43. The maximum absolute atomic E-state index is 6.69. The van der Waals surface area contributed by atoms with Crippen molar-refractivity contribution in [2.75, 3.05) is 4.90 Å². The van der Waals surface area contributed by atoms with Gasteiger partial charge in [0.25, 0.3) is 0 Å². The fraction of sp³-hybridized carbons (Fsp3) is 0. The quantitative estimate of drug-likeness (QED) is 0.149. The zero-order valence-corrected chi connectivity index (χ0v) is 35.4. The van der Waals surface area contributed by atoms with Crippen LogP contribution in [0.25, 0.3) is 104 Å². The van der Waals surface area contributed by atoms with Gasteiger partial charge in [-0.3, -0.25) is 0 Å². The summed E-state index contributed by atoms with van der Waals surface area (Å²) in [5, 5.41) is 9.70. The molecule has 304 valence electrons. The van der Waals surface area contributed by atoms with Crippen LogP contribution < -0.4 is 4.90 Å². The van der Waals surface area contributed by atoms with Gasteiger partial charge in [0, 0.05) is 49.5 Å². The van der Waals surface area contributed by atoms with Gasteiger partial charge in [-0.05, 0) is 87.3 Å². The van der Waals surface area contributed by atoms with Crippen LogP contribution in [0.15, 0.2) is 247 Å². The minimum atomic E-state index is 0.883. The third kappa shape index (κ3) is 5.97. The van der Waals surface area contributed by atoms with E-state index in [9.17, 15) is 0 Å². The third-order valence-electron chi connectivity index (χ3n) is 13.2. The van der Waals surface area contributed by atoms with E-state index in [4.69, 9.17) is 4.42 Å². The van der Waals surface area contributed by atoms with Gasteiger partial charge in [0.2, 0.25) is 0 Å². The highest BCUT2D eigenvalue weighted by Gasteiger charge is 2.23. The van der Waals surface area contributed by atoms with Gasteiger partial charge in [-0.25, -0.2) is 0 Å². The van der Waals surface area contributed by atoms with E-state index < -0.39 is 0 Å². The van der Waals surface area contributed by atoms with Crippen LogP contribution in [0.5, 0.6) is 0 Å². The molecule has 0 saturated heterocycles. The average molecular weight is 829 g/mol. The first-order valence-electron chi connectivity index (χ1n) is 22.3. The smallest absolute Gasteiger partial charge is 0.143 e. The van der Waals surface area contributed by atoms with Crippen molar-refractivity contribution in [1.29, 1.82) is 0 Å². The molecule has 13 rings (SSSR count). The fourth-order valence-corrected chi connectivity index (χ4v) is 10.2. The summed E-state index contributed by atoms with van der Waals surface area (Å²) in [6.45, 7) is 0. The van der Waals surface area contributed by atoms with Gasteiger partial charge in [0.15, 0.2) is 0 Å².